The fourth-order valence-corrected chi connectivity index (χ4v) is 4.75. The Hall–Kier alpha value is -3.06. The zero-order valence-corrected chi connectivity index (χ0v) is 18.4. The van der Waals surface area contributed by atoms with Crippen molar-refractivity contribution in [2.45, 2.75) is 37.5 Å². The van der Waals surface area contributed by atoms with Crippen LogP contribution in [-0.2, 0) is 11.3 Å². The van der Waals surface area contributed by atoms with Gasteiger partial charge in [0.2, 0.25) is 5.91 Å². The van der Waals surface area contributed by atoms with Crippen molar-refractivity contribution >= 4 is 34.2 Å². The number of aryl methyl sites for hydroxylation is 1. The highest BCUT2D eigenvalue weighted by molar-refractivity contribution is 7.99. The van der Waals surface area contributed by atoms with Crippen molar-refractivity contribution in [3.05, 3.63) is 65.7 Å². The van der Waals surface area contributed by atoms with Gasteiger partial charge in [-0.1, -0.05) is 42.1 Å². The van der Waals surface area contributed by atoms with Crippen LogP contribution >= 0.6 is 11.8 Å². The van der Waals surface area contributed by atoms with Crippen LogP contribution in [0.15, 0.2) is 59.8 Å². The molecular weight excluding hydrogens is 408 g/mol. The number of methoxy groups -OCH3 is 1. The zero-order valence-electron chi connectivity index (χ0n) is 17.6. The zero-order chi connectivity index (χ0) is 21.4. The Balaban J connectivity index is 1.35. The molecule has 1 aliphatic rings. The van der Waals surface area contributed by atoms with Crippen molar-refractivity contribution in [1.29, 1.82) is 0 Å². The number of aromatic nitrogens is 3. The Kier molecular flexibility index (Phi) is 5.28. The molecule has 0 atom stereocenters. The summed E-state index contributed by atoms with van der Waals surface area (Å²) in [7, 11) is 1.66. The summed E-state index contributed by atoms with van der Waals surface area (Å²) in [6.45, 7) is 2.71. The first-order valence-corrected chi connectivity index (χ1v) is 11.4. The highest BCUT2D eigenvalue weighted by Gasteiger charge is 2.32. The third-order valence-electron chi connectivity index (χ3n) is 5.72. The summed E-state index contributed by atoms with van der Waals surface area (Å²) in [4.78, 5) is 15.1. The monoisotopic (exact) mass is 432 g/mol. The molecule has 2 heterocycles. The number of amides is 1. The molecule has 2 aromatic carbocycles. The molecule has 0 aliphatic heterocycles. The van der Waals surface area contributed by atoms with E-state index in [0.717, 1.165) is 40.5 Å². The fourth-order valence-electron chi connectivity index (χ4n) is 3.91. The largest absolute Gasteiger partial charge is 0.497 e. The number of carbonyl (C=O) groups is 1. The van der Waals surface area contributed by atoms with Gasteiger partial charge in [0.05, 0.1) is 18.4 Å². The second-order valence-electron chi connectivity index (χ2n) is 7.91. The van der Waals surface area contributed by atoms with Crippen LogP contribution in [0, 0.1) is 6.92 Å². The number of carbonyl (C=O) groups excluding carboxylic acids is 1. The molecule has 0 unspecified atom stereocenters. The van der Waals surface area contributed by atoms with Crippen molar-refractivity contribution in [3.63, 3.8) is 0 Å². The third-order valence-corrected chi connectivity index (χ3v) is 6.63. The summed E-state index contributed by atoms with van der Waals surface area (Å²) in [5, 5.41) is 10.6. The van der Waals surface area contributed by atoms with Crippen molar-refractivity contribution in [2.24, 2.45) is 0 Å². The average molecular weight is 433 g/mol. The molecule has 4 aromatic rings. The van der Waals surface area contributed by atoms with E-state index in [1.165, 1.54) is 22.7 Å². The molecule has 1 aliphatic carbocycles. The molecule has 6 nitrogen and oxygen atoms in total. The van der Waals surface area contributed by atoms with E-state index >= 15 is 0 Å². The van der Waals surface area contributed by atoms with E-state index in [-0.39, 0.29) is 5.91 Å². The molecule has 0 bridgehead atoms. The molecule has 158 valence electrons. The molecule has 7 heteroatoms. The van der Waals surface area contributed by atoms with Gasteiger partial charge in [-0.25, -0.2) is 0 Å². The van der Waals surface area contributed by atoms with Crippen LogP contribution in [0.5, 0.6) is 5.75 Å². The predicted molar refractivity (Wildman–Crippen MR) is 123 cm³/mol. The van der Waals surface area contributed by atoms with E-state index in [9.17, 15) is 4.79 Å². The molecule has 0 radical (unpaired) electrons. The Morgan fingerprint density at radius 3 is 2.68 bits per heavy atom. The summed E-state index contributed by atoms with van der Waals surface area (Å²) in [6.07, 6.45) is 2.15. The predicted octanol–water partition coefficient (Wildman–Crippen LogP) is 4.48. The minimum Gasteiger partial charge on any atom is -0.497 e. The molecule has 2 aromatic heterocycles. The second-order valence-corrected chi connectivity index (χ2v) is 8.85. The summed E-state index contributed by atoms with van der Waals surface area (Å²) < 4.78 is 7.28. The van der Waals surface area contributed by atoms with E-state index in [1.54, 1.807) is 7.11 Å². The summed E-state index contributed by atoms with van der Waals surface area (Å²) in [5.41, 5.74) is 4.15. The molecular formula is C24H24N4O2S. The van der Waals surface area contributed by atoms with Crippen molar-refractivity contribution in [1.82, 2.24) is 19.5 Å². The Morgan fingerprint density at radius 2 is 1.94 bits per heavy atom. The van der Waals surface area contributed by atoms with Gasteiger partial charge in [0, 0.05) is 18.0 Å². The number of pyridine rings is 1. The smallest absolute Gasteiger partial charge is 0.233 e. The molecule has 31 heavy (non-hydrogen) atoms. The van der Waals surface area contributed by atoms with Gasteiger partial charge in [0.15, 0.2) is 10.8 Å². The minimum absolute atomic E-state index is 0.136. The van der Waals surface area contributed by atoms with Crippen LogP contribution in [-0.4, -0.2) is 44.3 Å². The lowest BCUT2D eigenvalue weighted by molar-refractivity contribution is -0.129. The van der Waals surface area contributed by atoms with Crippen LogP contribution in [0.4, 0.5) is 0 Å². The Labute approximate surface area is 185 Å². The van der Waals surface area contributed by atoms with Crippen LogP contribution in [0.1, 0.15) is 24.0 Å². The van der Waals surface area contributed by atoms with Crippen molar-refractivity contribution in [3.8, 4) is 5.75 Å². The van der Waals surface area contributed by atoms with Crippen LogP contribution in [0.3, 0.4) is 0 Å². The number of hydrogen-bond donors (Lipinski definition) is 0. The van der Waals surface area contributed by atoms with Gasteiger partial charge in [-0.05, 0) is 55.2 Å². The van der Waals surface area contributed by atoms with E-state index in [4.69, 9.17) is 4.74 Å². The Bertz CT molecular complexity index is 1250. The molecule has 1 amide bonds. The topological polar surface area (TPSA) is 59.7 Å². The lowest BCUT2D eigenvalue weighted by Gasteiger charge is -2.22. The summed E-state index contributed by atoms with van der Waals surface area (Å²) in [5.74, 6) is 1.30. The number of thioether (sulfide) groups is 1. The maximum absolute atomic E-state index is 13.1. The molecule has 0 saturated heterocycles. The summed E-state index contributed by atoms with van der Waals surface area (Å²) >= 11 is 1.45. The number of ether oxygens (including phenoxy) is 1. The Morgan fingerprint density at radius 1 is 1.16 bits per heavy atom. The van der Waals surface area contributed by atoms with E-state index in [0.29, 0.717) is 18.3 Å². The van der Waals surface area contributed by atoms with Gasteiger partial charge in [0.1, 0.15) is 5.75 Å². The van der Waals surface area contributed by atoms with E-state index in [2.05, 4.69) is 29.3 Å². The molecule has 1 fully saturated rings. The second kappa shape index (κ2) is 8.23. The van der Waals surface area contributed by atoms with Gasteiger partial charge in [-0.15, -0.1) is 10.2 Å². The van der Waals surface area contributed by atoms with Gasteiger partial charge >= 0.3 is 0 Å². The maximum atomic E-state index is 13.1. The molecule has 0 spiro atoms. The molecule has 5 rings (SSSR count). The SMILES string of the molecule is COc1ccc(CN(C(=O)CSc2nnc3cc(C)c4ccccc4n23)C2CC2)cc1. The highest BCUT2D eigenvalue weighted by Crippen LogP contribution is 2.31. The quantitative estimate of drug-likeness (QED) is 0.403. The molecule has 0 N–H and O–H groups in total. The first-order chi connectivity index (χ1) is 15.1. The van der Waals surface area contributed by atoms with Gasteiger partial charge in [-0.3, -0.25) is 9.20 Å². The standard InChI is InChI=1S/C24H24N4O2S/c1-16-13-22-25-26-24(28(22)21-6-4-3-5-20(16)21)31-15-23(29)27(18-9-10-18)14-17-7-11-19(30-2)12-8-17/h3-8,11-13,18H,9-10,14-15H2,1-2H3. The average Bonchev–Trinajstić information content (AvgIpc) is 3.56. The van der Waals surface area contributed by atoms with Gasteiger partial charge in [0.25, 0.3) is 0 Å². The van der Waals surface area contributed by atoms with E-state index < -0.39 is 0 Å². The normalized spacial score (nSPS) is 13.6. The van der Waals surface area contributed by atoms with Crippen LogP contribution < -0.4 is 4.74 Å². The third kappa shape index (κ3) is 3.97. The van der Waals surface area contributed by atoms with Gasteiger partial charge in [-0.2, -0.15) is 0 Å². The fraction of sp³-hybridized carbons (Fsp3) is 0.292. The van der Waals surface area contributed by atoms with E-state index in [1.807, 2.05) is 51.8 Å². The van der Waals surface area contributed by atoms with Gasteiger partial charge < -0.3 is 9.64 Å². The first-order valence-electron chi connectivity index (χ1n) is 10.4. The first kappa shape index (κ1) is 19.9. The highest BCUT2D eigenvalue weighted by atomic mass is 32.2. The molecule has 1 saturated carbocycles. The number of para-hydroxylation sites is 1. The number of hydrogen-bond acceptors (Lipinski definition) is 5. The van der Waals surface area contributed by atoms with Crippen molar-refractivity contribution < 1.29 is 9.53 Å². The number of fused-ring (bicyclic) bond motifs is 3. The lowest BCUT2D eigenvalue weighted by atomic mass is 10.1. The van der Waals surface area contributed by atoms with Crippen LogP contribution in [0.2, 0.25) is 0 Å². The van der Waals surface area contributed by atoms with Crippen LogP contribution in [0.25, 0.3) is 16.6 Å². The number of benzene rings is 2. The number of nitrogens with zero attached hydrogens (tertiary/aromatic N) is 4. The number of rotatable bonds is 7. The minimum atomic E-state index is 0.136. The summed E-state index contributed by atoms with van der Waals surface area (Å²) in [6, 6.07) is 18.5. The lowest BCUT2D eigenvalue weighted by Crippen LogP contribution is -2.34. The van der Waals surface area contributed by atoms with Crippen molar-refractivity contribution in [2.75, 3.05) is 12.9 Å². The maximum Gasteiger partial charge on any atom is 0.233 e.